The van der Waals surface area contributed by atoms with Gasteiger partial charge in [0.25, 0.3) is 5.56 Å². The normalized spacial score (nSPS) is 11.0. The van der Waals surface area contributed by atoms with Crippen LogP contribution in [0.1, 0.15) is 0 Å². The molecule has 0 amide bonds. The maximum Gasteiger partial charge on any atom is 0.284 e. The number of pyridine rings is 1. The van der Waals surface area contributed by atoms with E-state index >= 15 is 0 Å². The van der Waals surface area contributed by atoms with Gasteiger partial charge in [0.15, 0.2) is 5.43 Å². The lowest BCUT2D eigenvalue weighted by Crippen LogP contribution is -2.18. The molecule has 2 N–H and O–H groups in total. The zero-order chi connectivity index (χ0) is 18.3. The topological polar surface area (TPSA) is 79.9 Å². The minimum Gasteiger partial charge on any atom is -0.497 e. The van der Waals surface area contributed by atoms with Crippen LogP contribution in [0.5, 0.6) is 5.75 Å². The molecule has 2 aromatic heterocycles. The molecule has 0 unspecified atom stereocenters. The highest BCUT2D eigenvalue weighted by molar-refractivity contribution is 5.78. The predicted octanol–water partition coefficient (Wildman–Crippen LogP) is 2.82. The van der Waals surface area contributed by atoms with Crippen LogP contribution < -0.4 is 15.7 Å². The molecule has 0 bridgehead atoms. The van der Waals surface area contributed by atoms with Crippen LogP contribution >= 0.6 is 0 Å². The summed E-state index contributed by atoms with van der Waals surface area (Å²) in [6.07, 6.45) is 0. The lowest BCUT2D eigenvalue weighted by Gasteiger charge is -2.03. The Morgan fingerprint density at radius 2 is 1.69 bits per heavy atom. The van der Waals surface area contributed by atoms with Crippen LogP contribution in [-0.4, -0.2) is 21.9 Å². The van der Waals surface area contributed by atoms with Crippen LogP contribution in [0, 0.1) is 5.82 Å². The Kier molecular flexibility index (Phi) is 3.69. The van der Waals surface area contributed by atoms with Gasteiger partial charge < -0.3 is 9.72 Å². The van der Waals surface area contributed by atoms with Crippen molar-refractivity contribution in [2.24, 2.45) is 0 Å². The number of fused-ring (bicyclic) bond motifs is 1. The highest BCUT2D eigenvalue weighted by Crippen LogP contribution is 2.18. The lowest BCUT2D eigenvalue weighted by molar-refractivity contribution is 0.414. The van der Waals surface area contributed by atoms with Gasteiger partial charge in [-0.05, 0) is 54.1 Å². The Morgan fingerprint density at radius 1 is 1.00 bits per heavy atom. The smallest absolute Gasteiger partial charge is 0.284 e. The molecule has 4 rings (SSSR count). The monoisotopic (exact) mass is 351 g/mol. The number of hydrogen-bond donors (Lipinski definition) is 2. The van der Waals surface area contributed by atoms with E-state index in [0.29, 0.717) is 28.3 Å². The number of benzene rings is 2. The van der Waals surface area contributed by atoms with Crippen LogP contribution in [0.2, 0.25) is 0 Å². The number of methoxy groups -OCH3 is 1. The molecular weight excluding hydrogens is 337 g/mol. The first-order valence-electron chi connectivity index (χ1n) is 7.85. The molecule has 6 nitrogen and oxygen atoms in total. The number of halogens is 1. The summed E-state index contributed by atoms with van der Waals surface area (Å²) in [5, 5.41) is 2.95. The van der Waals surface area contributed by atoms with E-state index in [4.69, 9.17) is 4.74 Å². The van der Waals surface area contributed by atoms with Crippen LogP contribution in [-0.2, 0) is 0 Å². The third-order valence-corrected chi connectivity index (χ3v) is 4.16. The summed E-state index contributed by atoms with van der Waals surface area (Å²) in [6, 6.07) is 13.9. The molecule has 2 aromatic carbocycles. The fourth-order valence-electron chi connectivity index (χ4n) is 2.83. The van der Waals surface area contributed by atoms with Crippen LogP contribution in [0.4, 0.5) is 4.39 Å². The maximum atomic E-state index is 13.1. The first-order valence-corrected chi connectivity index (χ1v) is 7.85. The minimum atomic E-state index is -0.447. The highest BCUT2D eigenvalue weighted by Gasteiger charge is 2.14. The van der Waals surface area contributed by atoms with Crippen LogP contribution in [0.15, 0.2) is 64.2 Å². The first kappa shape index (κ1) is 15.9. The van der Waals surface area contributed by atoms with Crippen LogP contribution in [0.3, 0.4) is 0 Å². The third kappa shape index (κ3) is 2.59. The molecule has 4 aromatic rings. The number of nitrogens with one attached hydrogen (secondary N) is 2. The van der Waals surface area contributed by atoms with E-state index in [1.165, 1.54) is 22.9 Å². The SMILES string of the molecule is COc1ccc(-n2[nH]c3[nH]c(-c4ccc(F)cc4)cc(=O)c3c2=O)cc1. The largest absolute Gasteiger partial charge is 0.497 e. The summed E-state index contributed by atoms with van der Waals surface area (Å²) in [5.74, 6) is 0.295. The molecule has 0 spiro atoms. The molecule has 130 valence electrons. The van der Waals surface area contributed by atoms with Crippen LogP contribution in [0.25, 0.3) is 28.0 Å². The number of nitrogens with zero attached hydrogens (tertiary/aromatic N) is 1. The summed E-state index contributed by atoms with van der Waals surface area (Å²) in [7, 11) is 1.56. The van der Waals surface area contributed by atoms with Crippen molar-refractivity contribution in [3.8, 4) is 22.7 Å². The molecule has 0 saturated carbocycles. The van der Waals surface area contributed by atoms with Crippen molar-refractivity contribution in [1.29, 1.82) is 0 Å². The number of aromatic amines is 2. The van der Waals surface area contributed by atoms with Gasteiger partial charge >= 0.3 is 0 Å². The van der Waals surface area contributed by atoms with Crippen molar-refractivity contribution in [3.05, 3.63) is 81.0 Å². The molecule has 0 aliphatic rings. The van der Waals surface area contributed by atoms with E-state index in [-0.39, 0.29) is 11.2 Å². The Balaban J connectivity index is 1.88. The fraction of sp³-hybridized carbons (Fsp3) is 0.0526. The zero-order valence-corrected chi connectivity index (χ0v) is 13.7. The quantitative estimate of drug-likeness (QED) is 0.596. The molecule has 0 fully saturated rings. The summed E-state index contributed by atoms with van der Waals surface area (Å²) in [5.41, 5.74) is 1.15. The van der Waals surface area contributed by atoms with Gasteiger partial charge in [0.1, 0.15) is 22.6 Å². The standard InChI is InChI=1S/C19H14FN3O3/c1-26-14-8-6-13(7-9-14)23-19(25)17-16(24)10-15(21-18(17)22-23)11-2-4-12(20)5-3-11/h2-10H,1H3,(H2,21,22,24). The lowest BCUT2D eigenvalue weighted by atomic mass is 10.1. The van der Waals surface area contributed by atoms with Gasteiger partial charge in [0, 0.05) is 6.07 Å². The third-order valence-electron chi connectivity index (χ3n) is 4.16. The van der Waals surface area contributed by atoms with Gasteiger partial charge in [-0.15, -0.1) is 0 Å². The second kappa shape index (κ2) is 6.03. The number of aromatic nitrogens is 3. The average molecular weight is 351 g/mol. The Morgan fingerprint density at radius 3 is 2.35 bits per heavy atom. The van der Waals surface area contributed by atoms with Gasteiger partial charge in [-0.3, -0.25) is 14.7 Å². The molecule has 0 saturated heterocycles. The second-order valence-electron chi connectivity index (χ2n) is 5.75. The number of H-pyrrole nitrogens is 2. The van der Waals surface area contributed by atoms with Gasteiger partial charge in [-0.25, -0.2) is 9.07 Å². The van der Waals surface area contributed by atoms with Crippen molar-refractivity contribution < 1.29 is 9.13 Å². The van der Waals surface area contributed by atoms with E-state index in [0.717, 1.165) is 0 Å². The van der Waals surface area contributed by atoms with E-state index in [9.17, 15) is 14.0 Å². The highest BCUT2D eigenvalue weighted by atomic mass is 19.1. The van der Waals surface area contributed by atoms with Crippen molar-refractivity contribution >= 4 is 11.0 Å². The van der Waals surface area contributed by atoms with Gasteiger partial charge in [-0.1, -0.05) is 0 Å². The minimum absolute atomic E-state index is 0.0340. The molecule has 0 aliphatic heterocycles. The Bertz CT molecular complexity index is 1200. The molecule has 0 radical (unpaired) electrons. The van der Waals surface area contributed by atoms with Gasteiger partial charge in [0.05, 0.1) is 18.5 Å². The maximum absolute atomic E-state index is 13.1. The predicted molar refractivity (Wildman–Crippen MR) is 96.5 cm³/mol. The molecule has 0 aliphatic carbocycles. The summed E-state index contributed by atoms with van der Waals surface area (Å²) in [6.45, 7) is 0. The molecule has 0 atom stereocenters. The molecule has 2 heterocycles. The van der Waals surface area contributed by atoms with Crippen molar-refractivity contribution in [2.75, 3.05) is 7.11 Å². The average Bonchev–Trinajstić information content (AvgIpc) is 2.99. The second-order valence-corrected chi connectivity index (χ2v) is 5.75. The van der Waals surface area contributed by atoms with E-state index in [1.54, 1.807) is 43.5 Å². The van der Waals surface area contributed by atoms with Gasteiger partial charge in [-0.2, -0.15) is 0 Å². The number of rotatable bonds is 3. The van der Waals surface area contributed by atoms with E-state index in [1.807, 2.05) is 0 Å². The summed E-state index contributed by atoms with van der Waals surface area (Å²) < 4.78 is 19.5. The van der Waals surface area contributed by atoms with E-state index < -0.39 is 11.0 Å². The van der Waals surface area contributed by atoms with E-state index in [2.05, 4.69) is 10.1 Å². The summed E-state index contributed by atoms with van der Waals surface area (Å²) >= 11 is 0. The molecule has 26 heavy (non-hydrogen) atoms. The Hall–Kier alpha value is -3.61. The molecular formula is C19H14FN3O3. The zero-order valence-electron chi connectivity index (χ0n) is 13.7. The fourth-order valence-corrected chi connectivity index (χ4v) is 2.83. The first-order chi connectivity index (χ1) is 12.6. The number of hydrogen-bond acceptors (Lipinski definition) is 3. The van der Waals surface area contributed by atoms with Crippen molar-refractivity contribution in [3.63, 3.8) is 0 Å². The van der Waals surface area contributed by atoms with Gasteiger partial charge in [0.2, 0.25) is 0 Å². The summed E-state index contributed by atoms with van der Waals surface area (Å²) in [4.78, 5) is 28.1. The van der Waals surface area contributed by atoms with Crippen molar-refractivity contribution in [1.82, 2.24) is 14.8 Å². The van der Waals surface area contributed by atoms with Crippen molar-refractivity contribution in [2.45, 2.75) is 0 Å². The molecule has 7 heteroatoms. The number of ether oxygens (including phenoxy) is 1. The Labute approximate surface area is 146 Å².